The molecule has 2 aromatic rings. The number of hydrogen-bond acceptors (Lipinski definition) is 5. The Hall–Kier alpha value is -2.70. The van der Waals surface area contributed by atoms with Gasteiger partial charge in [0.25, 0.3) is 5.56 Å². The summed E-state index contributed by atoms with van der Waals surface area (Å²) in [6, 6.07) is 7.52. The molecule has 0 spiro atoms. The minimum Gasteiger partial charge on any atom is -0.469 e. The van der Waals surface area contributed by atoms with Gasteiger partial charge in [-0.3, -0.25) is 19.0 Å². The van der Waals surface area contributed by atoms with Crippen LogP contribution in [0.15, 0.2) is 29.1 Å². The quantitative estimate of drug-likeness (QED) is 0.574. The smallest absolute Gasteiger partial charge is 0.305 e. The fraction of sp³-hybridized carbons (Fsp3) is 0.474. The lowest BCUT2D eigenvalue weighted by Gasteiger charge is -2.13. The molecule has 0 unspecified atom stereocenters. The summed E-state index contributed by atoms with van der Waals surface area (Å²) < 4.78 is 6.31. The Morgan fingerprint density at radius 3 is 2.77 bits per heavy atom. The number of nitrogens with zero attached hydrogens (tertiary/aromatic N) is 2. The molecule has 0 bridgehead atoms. The van der Waals surface area contributed by atoms with E-state index in [2.05, 4.69) is 15.0 Å². The predicted octanol–water partition coefficient (Wildman–Crippen LogP) is 1.73. The van der Waals surface area contributed by atoms with Crippen molar-refractivity contribution in [3.8, 4) is 0 Å². The highest BCUT2D eigenvalue weighted by Crippen LogP contribution is 2.34. The molecule has 1 fully saturated rings. The van der Waals surface area contributed by atoms with E-state index >= 15 is 0 Å². The molecule has 7 nitrogen and oxygen atoms in total. The Morgan fingerprint density at radius 2 is 2.04 bits per heavy atom. The number of amides is 1. The van der Waals surface area contributed by atoms with Crippen LogP contribution in [-0.4, -0.2) is 35.1 Å². The van der Waals surface area contributed by atoms with E-state index in [1.54, 1.807) is 10.6 Å². The summed E-state index contributed by atoms with van der Waals surface area (Å²) in [5.74, 6) is 0.272. The average Bonchev–Trinajstić information content (AvgIpc) is 3.48. The Balaban J connectivity index is 1.63. The number of ether oxygens (including phenoxy) is 1. The number of hydrogen-bond donors (Lipinski definition) is 1. The van der Waals surface area contributed by atoms with Gasteiger partial charge in [-0.2, -0.15) is 0 Å². The monoisotopic (exact) mass is 357 g/mol. The highest BCUT2D eigenvalue weighted by atomic mass is 16.5. The lowest BCUT2D eigenvalue weighted by atomic mass is 10.2. The van der Waals surface area contributed by atoms with Crippen LogP contribution >= 0.6 is 0 Å². The molecule has 1 aromatic carbocycles. The average molecular weight is 357 g/mol. The number of fused-ring (bicyclic) bond motifs is 1. The first kappa shape index (κ1) is 18.1. The van der Waals surface area contributed by atoms with Crippen molar-refractivity contribution in [3.63, 3.8) is 0 Å². The second-order valence-electron chi connectivity index (χ2n) is 6.48. The first-order valence-electron chi connectivity index (χ1n) is 8.94. The number of carbonyl (C=O) groups is 2. The lowest BCUT2D eigenvalue weighted by molar-refractivity contribution is -0.140. The number of methoxy groups -OCH3 is 1. The molecule has 138 valence electrons. The third-order valence-corrected chi connectivity index (χ3v) is 4.48. The molecule has 3 rings (SSSR count). The zero-order valence-electron chi connectivity index (χ0n) is 14.9. The number of rotatable bonds is 8. The molecule has 1 saturated carbocycles. The molecule has 1 aliphatic rings. The third kappa shape index (κ3) is 4.28. The second kappa shape index (κ2) is 8.12. The zero-order chi connectivity index (χ0) is 18.5. The molecule has 0 aliphatic heterocycles. The topological polar surface area (TPSA) is 90.3 Å². The lowest BCUT2D eigenvalue weighted by Crippen LogP contribution is -2.28. The SMILES string of the molecule is COC(=O)CCCNC(=O)CCc1nc2ccccc2c(=O)n1C1CC1. The Morgan fingerprint density at radius 1 is 1.27 bits per heavy atom. The summed E-state index contributed by atoms with van der Waals surface area (Å²) in [5.41, 5.74) is 0.648. The third-order valence-electron chi connectivity index (χ3n) is 4.48. The van der Waals surface area contributed by atoms with E-state index in [1.807, 2.05) is 18.2 Å². The first-order valence-corrected chi connectivity index (χ1v) is 8.94. The number of benzene rings is 1. The Kier molecular flexibility index (Phi) is 5.65. The predicted molar refractivity (Wildman–Crippen MR) is 96.9 cm³/mol. The summed E-state index contributed by atoms with van der Waals surface area (Å²) in [5, 5.41) is 3.41. The van der Waals surface area contributed by atoms with Gasteiger partial charge in [0.2, 0.25) is 5.91 Å². The number of para-hydroxylation sites is 1. The van der Waals surface area contributed by atoms with Gasteiger partial charge in [-0.25, -0.2) is 4.98 Å². The van der Waals surface area contributed by atoms with Crippen LogP contribution in [0.3, 0.4) is 0 Å². The van der Waals surface area contributed by atoms with Gasteiger partial charge < -0.3 is 10.1 Å². The van der Waals surface area contributed by atoms with E-state index in [4.69, 9.17) is 0 Å². The molecule has 0 radical (unpaired) electrons. The van der Waals surface area contributed by atoms with E-state index in [1.165, 1.54) is 7.11 Å². The van der Waals surface area contributed by atoms with Gasteiger partial charge in [0.15, 0.2) is 0 Å². The van der Waals surface area contributed by atoms with Crippen molar-refractivity contribution < 1.29 is 14.3 Å². The molecular weight excluding hydrogens is 334 g/mol. The molecule has 7 heteroatoms. The van der Waals surface area contributed by atoms with E-state index in [0.717, 1.165) is 12.8 Å². The summed E-state index contributed by atoms with van der Waals surface area (Å²) in [4.78, 5) is 40.5. The maximum atomic E-state index is 12.8. The van der Waals surface area contributed by atoms with Gasteiger partial charge in [0.05, 0.1) is 18.0 Å². The number of nitrogens with one attached hydrogen (secondary N) is 1. The van der Waals surface area contributed by atoms with E-state index in [0.29, 0.717) is 36.1 Å². The van der Waals surface area contributed by atoms with Crippen molar-refractivity contribution in [1.82, 2.24) is 14.9 Å². The summed E-state index contributed by atoms with van der Waals surface area (Å²) >= 11 is 0. The molecule has 1 N–H and O–H groups in total. The summed E-state index contributed by atoms with van der Waals surface area (Å²) in [6.07, 6.45) is 3.46. The highest BCUT2D eigenvalue weighted by molar-refractivity contribution is 5.78. The van der Waals surface area contributed by atoms with Crippen LogP contribution in [0.25, 0.3) is 10.9 Å². The minimum absolute atomic E-state index is 0.0217. The molecular formula is C19H23N3O4. The largest absolute Gasteiger partial charge is 0.469 e. The van der Waals surface area contributed by atoms with Crippen LogP contribution in [0, 0.1) is 0 Å². The Labute approximate surface area is 151 Å². The normalized spacial score (nSPS) is 13.6. The molecule has 1 aromatic heterocycles. The van der Waals surface area contributed by atoms with Crippen molar-refractivity contribution in [2.45, 2.75) is 44.6 Å². The van der Waals surface area contributed by atoms with Gasteiger partial charge in [-0.1, -0.05) is 12.1 Å². The standard InChI is InChI=1S/C19H23N3O4/c1-26-18(24)7-4-12-20-17(23)11-10-16-21-15-6-3-2-5-14(15)19(25)22(16)13-8-9-13/h2-3,5-6,13H,4,7-12H2,1H3,(H,20,23). The molecule has 1 amide bonds. The van der Waals surface area contributed by atoms with Gasteiger partial charge in [-0.05, 0) is 31.4 Å². The van der Waals surface area contributed by atoms with Gasteiger partial charge in [0.1, 0.15) is 5.82 Å². The summed E-state index contributed by atoms with van der Waals surface area (Å²) in [6.45, 7) is 0.425. The highest BCUT2D eigenvalue weighted by Gasteiger charge is 2.28. The van der Waals surface area contributed by atoms with Crippen molar-refractivity contribution in [3.05, 3.63) is 40.4 Å². The van der Waals surface area contributed by atoms with Crippen molar-refractivity contribution in [2.75, 3.05) is 13.7 Å². The Bertz CT molecular complexity index is 871. The molecule has 0 saturated heterocycles. The fourth-order valence-electron chi connectivity index (χ4n) is 2.95. The first-order chi connectivity index (χ1) is 12.6. The van der Waals surface area contributed by atoms with Gasteiger partial charge in [-0.15, -0.1) is 0 Å². The van der Waals surface area contributed by atoms with E-state index in [-0.39, 0.29) is 36.3 Å². The minimum atomic E-state index is -0.284. The van der Waals surface area contributed by atoms with Crippen LogP contribution in [0.2, 0.25) is 0 Å². The number of aryl methyl sites for hydroxylation is 1. The molecule has 0 atom stereocenters. The number of esters is 1. The van der Waals surface area contributed by atoms with Gasteiger partial charge in [0, 0.05) is 31.8 Å². The van der Waals surface area contributed by atoms with E-state index < -0.39 is 0 Å². The maximum Gasteiger partial charge on any atom is 0.305 e. The van der Waals surface area contributed by atoms with Gasteiger partial charge >= 0.3 is 5.97 Å². The van der Waals surface area contributed by atoms with E-state index in [9.17, 15) is 14.4 Å². The van der Waals surface area contributed by atoms with Crippen molar-refractivity contribution in [1.29, 1.82) is 0 Å². The van der Waals surface area contributed by atoms with Crippen molar-refractivity contribution >= 4 is 22.8 Å². The second-order valence-corrected chi connectivity index (χ2v) is 6.48. The van der Waals surface area contributed by atoms with Crippen LogP contribution in [0.4, 0.5) is 0 Å². The van der Waals surface area contributed by atoms with Crippen LogP contribution in [-0.2, 0) is 20.7 Å². The molecule has 26 heavy (non-hydrogen) atoms. The molecule has 1 heterocycles. The number of carbonyl (C=O) groups excluding carboxylic acids is 2. The molecule has 1 aliphatic carbocycles. The number of aromatic nitrogens is 2. The van der Waals surface area contributed by atoms with Crippen LogP contribution < -0.4 is 10.9 Å². The van der Waals surface area contributed by atoms with Crippen molar-refractivity contribution in [2.24, 2.45) is 0 Å². The maximum absolute atomic E-state index is 12.8. The fourth-order valence-corrected chi connectivity index (χ4v) is 2.95. The summed E-state index contributed by atoms with van der Waals surface area (Å²) in [7, 11) is 1.34. The van der Waals surface area contributed by atoms with Crippen LogP contribution in [0.5, 0.6) is 0 Å². The van der Waals surface area contributed by atoms with Crippen LogP contribution in [0.1, 0.15) is 44.0 Å². The zero-order valence-corrected chi connectivity index (χ0v) is 14.9.